The fraction of sp³-hybridized carbons (Fsp3) is 1.00. The molecule has 2 unspecified atom stereocenters. The van der Waals surface area contributed by atoms with Crippen LogP contribution in [0, 0.1) is 5.92 Å². The molecule has 2 rings (SSSR count). The van der Waals surface area contributed by atoms with Crippen LogP contribution in [-0.4, -0.2) is 68.3 Å². The third-order valence-electron chi connectivity index (χ3n) is 4.16. The first-order valence-electron chi connectivity index (χ1n) is 6.55. The van der Waals surface area contributed by atoms with Crippen molar-refractivity contribution in [2.45, 2.75) is 19.4 Å². The van der Waals surface area contributed by atoms with Crippen LogP contribution in [-0.2, 0) is 4.74 Å². The van der Waals surface area contributed by atoms with Gasteiger partial charge in [-0.3, -0.25) is 9.80 Å². The van der Waals surface area contributed by atoms with Crippen LogP contribution in [0.5, 0.6) is 0 Å². The van der Waals surface area contributed by atoms with Gasteiger partial charge >= 0.3 is 0 Å². The summed E-state index contributed by atoms with van der Waals surface area (Å²) >= 11 is 0. The Morgan fingerprint density at radius 3 is 2.56 bits per heavy atom. The van der Waals surface area contributed by atoms with Crippen LogP contribution in [0.1, 0.15) is 13.3 Å². The number of nitrogens with zero attached hydrogens (tertiary/aromatic N) is 2. The van der Waals surface area contributed by atoms with Crippen LogP contribution in [0.4, 0.5) is 0 Å². The lowest BCUT2D eigenvalue weighted by Gasteiger charge is -2.30. The van der Waals surface area contributed by atoms with Crippen molar-refractivity contribution in [3.05, 3.63) is 0 Å². The minimum atomic E-state index is 0.672. The van der Waals surface area contributed by atoms with E-state index in [-0.39, 0.29) is 0 Å². The molecule has 2 heterocycles. The Balaban J connectivity index is 1.69. The number of likely N-dealkylation sites (tertiary alicyclic amines) is 1. The maximum Gasteiger partial charge on any atom is 0.0594 e. The third kappa shape index (κ3) is 2.94. The number of ether oxygens (including phenoxy) is 1. The highest BCUT2D eigenvalue weighted by Crippen LogP contribution is 2.22. The molecule has 0 amide bonds. The third-order valence-corrected chi connectivity index (χ3v) is 4.16. The van der Waals surface area contributed by atoms with E-state index in [0.29, 0.717) is 12.0 Å². The summed E-state index contributed by atoms with van der Waals surface area (Å²) in [5, 5.41) is 0. The van der Waals surface area contributed by atoms with Crippen molar-refractivity contribution in [3.63, 3.8) is 0 Å². The van der Waals surface area contributed by atoms with Gasteiger partial charge in [0.1, 0.15) is 0 Å². The van der Waals surface area contributed by atoms with Crippen molar-refractivity contribution < 1.29 is 4.74 Å². The van der Waals surface area contributed by atoms with Gasteiger partial charge in [-0.05, 0) is 32.4 Å². The summed E-state index contributed by atoms with van der Waals surface area (Å²) in [6.45, 7) is 10.8. The highest BCUT2D eigenvalue weighted by molar-refractivity contribution is 4.84. The molecule has 2 aliphatic rings. The van der Waals surface area contributed by atoms with E-state index >= 15 is 0 Å². The average molecular weight is 227 g/mol. The van der Waals surface area contributed by atoms with Crippen LogP contribution in [0.3, 0.4) is 0 Å². The van der Waals surface area contributed by atoms with Crippen molar-refractivity contribution in [2.24, 2.45) is 11.7 Å². The Labute approximate surface area is 98.7 Å². The molecule has 2 atom stereocenters. The molecule has 0 aromatic carbocycles. The molecule has 2 fully saturated rings. The zero-order valence-corrected chi connectivity index (χ0v) is 10.4. The maximum absolute atomic E-state index is 5.77. The normalized spacial score (nSPS) is 33.4. The lowest BCUT2D eigenvalue weighted by Crippen LogP contribution is -2.43. The molecule has 94 valence electrons. The number of hydrogen-bond acceptors (Lipinski definition) is 4. The van der Waals surface area contributed by atoms with Crippen LogP contribution < -0.4 is 5.73 Å². The van der Waals surface area contributed by atoms with Crippen molar-refractivity contribution in [1.29, 1.82) is 0 Å². The molecule has 4 nitrogen and oxygen atoms in total. The molecule has 4 heteroatoms. The summed E-state index contributed by atoms with van der Waals surface area (Å²) in [4.78, 5) is 5.10. The number of nitrogens with two attached hydrogens (primary N) is 1. The molecular weight excluding hydrogens is 202 g/mol. The minimum Gasteiger partial charge on any atom is -0.379 e. The zero-order chi connectivity index (χ0) is 11.4. The number of morpholine rings is 1. The van der Waals surface area contributed by atoms with Crippen molar-refractivity contribution in [2.75, 3.05) is 52.5 Å². The van der Waals surface area contributed by atoms with Gasteiger partial charge in [-0.25, -0.2) is 0 Å². The van der Waals surface area contributed by atoms with Gasteiger partial charge in [0.25, 0.3) is 0 Å². The van der Waals surface area contributed by atoms with E-state index in [1.54, 1.807) is 0 Å². The molecular formula is C12H25N3O. The highest BCUT2D eigenvalue weighted by Gasteiger charge is 2.29. The van der Waals surface area contributed by atoms with E-state index in [4.69, 9.17) is 10.5 Å². The van der Waals surface area contributed by atoms with E-state index < -0.39 is 0 Å². The molecule has 0 spiro atoms. The molecule has 16 heavy (non-hydrogen) atoms. The van der Waals surface area contributed by atoms with Crippen molar-refractivity contribution in [3.8, 4) is 0 Å². The summed E-state index contributed by atoms with van der Waals surface area (Å²) in [6.07, 6.45) is 1.28. The molecule has 2 N–H and O–H groups in total. The fourth-order valence-corrected chi connectivity index (χ4v) is 2.80. The lowest BCUT2D eigenvalue weighted by molar-refractivity contribution is 0.0326. The first-order chi connectivity index (χ1) is 7.81. The minimum absolute atomic E-state index is 0.672. The van der Waals surface area contributed by atoms with Gasteiger partial charge in [0.2, 0.25) is 0 Å². The van der Waals surface area contributed by atoms with Gasteiger partial charge < -0.3 is 10.5 Å². The van der Waals surface area contributed by atoms with Gasteiger partial charge in [0.15, 0.2) is 0 Å². The lowest BCUT2D eigenvalue weighted by atomic mass is 10.0. The van der Waals surface area contributed by atoms with E-state index in [1.807, 2.05) is 0 Å². The van der Waals surface area contributed by atoms with E-state index in [1.165, 1.54) is 26.1 Å². The first kappa shape index (κ1) is 12.3. The van der Waals surface area contributed by atoms with E-state index in [0.717, 1.165) is 32.8 Å². The van der Waals surface area contributed by atoms with Gasteiger partial charge in [-0.1, -0.05) is 0 Å². The second-order valence-electron chi connectivity index (χ2n) is 5.02. The molecule has 2 aliphatic heterocycles. The average Bonchev–Trinajstić information content (AvgIpc) is 2.69. The van der Waals surface area contributed by atoms with Gasteiger partial charge in [0.05, 0.1) is 13.2 Å². The first-order valence-corrected chi connectivity index (χ1v) is 6.55. The summed E-state index contributed by atoms with van der Waals surface area (Å²) in [5.74, 6) is 0.713. The van der Waals surface area contributed by atoms with Gasteiger partial charge in [-0.15, -0.1) is 0 Å². The van der Waals surface area contributed by atoms with Gasteiger partial charge in [-0.2, -0.15) is 0 Å². The van der Waals surface area contributed by atoms with Crippen LogP contribution in [0.25, 0.3) is 0 Å². The molecule has 0 radical (unpaired) electrons. The molecule has 0 aromatic rings. The molecule has 0 bridgehead atoms. The Morgan fingerprint density at radius 1 is 1.19 bits per heavy atom. The van der Waals surface area contributed by atoms with E-state index in [2.05, 4.69) is 16.7 Å². The second kappa shape index (κ2) is 5.96. The van der Waals surface area contributed by atoms with Crippen LogP contribution in [0.2, 0.25) is 0 Å². The SMILES string of the molecule is CC1C(CN)CCN1CCN1CCOCC1. The largest absolute Gasteiger partial charge is 0.379 e. The highest BCUT2D eigenvalue weighted by atomic mass is 16.5. The summed E-state index contributed by atoms with van der Waals surface area (Å²) in [7, 11) is 0. The molecule has 0 aromatic heterocycles. The molecule has 0 aliphatic carbocycles. The van der Waals surface area contributed by atoms with Crippen LogP contribution >= 0.6 is 0 Å². The topological polar surface area (TPSA) is 41.7 Å². The summed E-state index contributed by atoms with van der Waals surface area (Å²) in [6, 6.07) is 0.672. The fourth-order valence-electron chi connectivity index (χ4n) is 2.80. The molecule has 0 saturated carbocycles. The van der Waals surface area contributed by atoms with Crippen molar-refractivity contribution >= 4 is 0 Å². The monoisotopic (exact) mass is 227 g/mol. The second-order valence-corrected chi connectivity index (χ2v) is 5.02. The maximum atomic E-state index is 5.77. The van der Waals surface area contributed by atoms with E-state index in [9.17, 15) is 0 Å². The molecule has 2 saturated heterocycles. The quantitative estimate of drug-likeness (QED) is 0.733. The summed E-state index contributed by atoms with van der Waals surface area (Å²) < 4.78 is 5.36. The Kier molecular flexibility index (Phi) is 4.58. The Bertz CT molecular complexity index is 206. The van der Waals surface area contributed by atoms with Crippen molar-refractivity contribution in [1.82, 2.24) is 9.80 Å². The number of rotatable bonds is 4. The standard InChI is InChI=1S/C12H25N3O/c1-11-12(10-13)2-3-15(11)5-4-14-6-8-16-9-7-14/h11-12H,2-10,13H2,1H3. The Hall–Kier alpha value is -0.160. The van der Waals surface area contributed by atoms with Crippen LogP contribution in [0.15, 0.2) is 0 Å². The van der Waals surface area contributed by atoms with Gasteiger partial charge in [0, 0.05) is 32.2 Å². The summed E-state index contributed by atoms with van der Waals surface area (Å²) in [5.41, 5.74) is 5.77. The predicted molar refractivity (Wildman–Crippen MR) is 65.5 cm³/mol. The zero-order valence-electron chi connectivity index (χ0n) is 10.4. The predicted octanol–water partition coefficient (Wildman–Crippen LogP) is -0.0123. The Morgan fingerprint density at radius 2 is 1.94 bits per heavy atom. The number of hydrogen-bond donors (Lipinski definition) is 1. The smallest absolute Gasteiger partial charge is 0.0594 e.